The van der Waals surface area contributed by atoms with Crippen LogP contribution in [0.15, 0.2) is 0 Å². The first-order valence-corrected chi connectivity index (χ1v) is 50.7. The van der Waals surface area contributed by atoms with E-state index in [-0.39, 0.29) is 45.3 Å². The van der Waals surface area contributed by atoms with Gasteiger partial charge >= 0.3 is 0 Å². The Hall–Kier alpha value is 3.92. The van der Waals surface area contributed by atoms with E-state index in [1.54, 1.807) is 0 Å². The Labute approximate surface area is 347 Å². The maximum atomic E-state index is 5.62. The summed E-state index contributed by atoms with van der Waals surface area (Å²) in [6, 6.07) is 0. The zero-order chi connectivity index (χ0) is 40.0. The van der Waals surface area contributed by atoms with Crippen molar-refractivity contribution in [2.75, 3.05) is 0 Å². The summed E-state index contributed by atoms with van der Waals surface area (Å²) in [5, 5.41) is -6.06. The van der Waals surface area contributed by atoms with Crippen molar-refractivity contribution in [2.24, 2.45) is 0 Å². The van der Waals surface area contributed by atoms with Crippen LogP contribution >= 0.6 is 76.5 Å². The Balaban J connectivity index is 5.63. The number of hydrogen-bond acceptors (Lipinski definition) is 0. The molecule has 12 heteroatoms. The molecule has 0 saturated carbocycles. The Kier molecular flexibility index (Phi) is 13.2. The van der Waals surface area contributed by atoms with Crippen LogP contribution in [0.5, 0.6) is 0 Å². The fourth-order valence-electron chi connectivity index (χ4n) is 17.1. The second-order valence-corrected chi connectivity index (χ2v) is 144. The first-order chi connectivity index (χ1) is 20.0. The summed E-state index contributed by atoms with van der Waals surface area (Å²) in [4.78, 5) is 0. The molecule has 1 saturated heterocycles. The van der Waals surface area contributed by atoms with Crippen LogP contribution in [0.1, 0.15) is 187 Å². The monoisotopic (exact) mass is 1100 g/mol. The van der Waals surface area contributed by atoms with Crippen molar-refractivity contribution in [2.45, 2.75) is 232 Å². The molecule has 1 fully saturated rings. The molecule has 0 N–H and O–H groups in total. The minimum absolute atomic E-state index is 0.170. The van der Waals surface area contributed by atoms with E-state index >= 15 is 0 Å². The lowest BCUT2D eigenvalue weighted by atomic mass is 10.2. The van der Waals surface area contributed by atoms with Gasteiger partial charge in [-0.2, -0.15) is 0 Å². The van der Waals surface area contributed by atoms with Gasteiger partial charge in [0.1, 0.15) is 15.7 Å². The first-order valence-electron chi connectivity index (χ1n) is 18.4. The Morgan fingerprint density at radius 3 is 0.438 bits per heavy atom. The van der Waals surface area contributed by atoms with Crippen molar-refractivity contribution < 1.29 is 0 Å². The molecule has 0 aromatic carbocycles. The van der Waals surface area contributed by atoms with Crippen LogP contribution in [-0.2, 0) is 0 Å². The molecule has 0 aliphatic carbocycles. The molecule has 0 nitrogen and oxygen atoms in total. The SMILES string of the molecule is CC(C)(C)[Si](C(C)(C)C)(C(C)(C)C)[Si]1(Br)[Si](Br)(Br)[Si](Br)([Si](C(C)(C)C)(C(C)(C)C)C(C)(C)C)[Si]1(Br)[Si](C(C)(C)C)(C(C)(C)C)C(C)(C)C. The molecule has 1 aliphatic heterocycles. The minimum Gasteiger partial charge on any atom is -0.135 e. The molecule has 2 atom stereocenters. The van der Waals surface area contributed by atoms with Gasteiger partial charge in [-0.25, -0.2) is 0 Å². The van der Waals surface area contributed by atoms with Gasteiger partial charge in [-0.3, -0.25) is 0 Å². The van der Waals surface area contributed by atoms with E-state index in [1.165, 1.54) is 0 Å². The zero-order valence-electron chi connectivity index (χ0n) is 36.9. The van der Waals surface area contributed by atoms with E-state index in [2.05, 4.69) is 187 Å². The molecule has 0 amide bonds. The van der Waals surface area contributed by atoms with Gasteiger partial charge in [0.05, 0.1) is 22.8 Å². The van der Waals surface area contributed by atoms with Crippen LogP contribution in [0.25, 0.3) is 0 Å². The first kappa shape index (κ1) is 49.9. The molecule has 1 aliphatic rings. The van der Waals surface area contributed by atoms with Crippen molar-refractivity contribution in [3.63, 3.8) is 0 Å². The van der Waals surface area contributed by atoms with Gasteiger partial charge in [-0.1, -0.05) is 187 Å². The molecule has 0 bridgehead atoms. The summed E-state index contributed by atoms with van der Waals surface area (Å²) < 4.78 is -2.46. The van der Waals surface area contributed by atoms with Gasteiger partial charge < -0.3 is 0 Å². The zero-order valence-corrected chi connectivity index (χ0v) is 51.8. The number of rotatable bonds is 3. The highest BCUT2D eigenvalue weighted by atomic mass is 79.9. The topological polar surface area (TPSA) is 0 Å². The van der Waals surface area contributed by atoms with Crippen molar-refractivity contribution in [1.82, 2.24) is 0 Å². The van der Waals surface area contributed by atoms with Crippen LogP contribution in [0.4, 0.5) is 0 Å². The highest BCUT2D eigenvalue weighted by Crippen LogP contribution is 2.88. The normalized spacial score (nSPS) is 28.0. The average Bonchev–Trinajstić information content (AvgIpc) is 2.63. The highest BCUT2D eigenvalue weighted by molar-refractivity contribution is 9.70. The van der Waals surface area contributed by atoms with E-state index in [0.717, 1.165) is 0 Å². The van der Waals surface area contributed by atoms with E-state index in [1.807, 2.05) is 0 Å². The van der Waals surface area contributed by atoms with Gasteiger partial charge in [0, 0.05) is 0 Å². The summed E-state index contributed by atoms with van der Waals surface area (Å²) >= 11 is 26.9. The van der Waals surface area contributed by atoms with Crippen LogP contribution in [-0.4, -0.2) is 42.9 Å². The molecular weight excluding hydrogens is 1030 g/mol. The highest BCUT2D eigenvalue weighted by Gasteiger charge is 3.06. The van der Waals surface area contributed by atoms with Crippen LogP contribution in [0.3, 0.4) is 0 Å². The lowest BCUT2D eigenvalue weighted by Crippen LogP contribution is -3.17. The summed E-state index contributed by atoms with van der Waals surface area (Å²) in [6.45, 7) is 72.7. The smallest absolute Gasteiger partial charge is 0.135 e. The second-order valence-electron chi connectivity index (χ2n) is 25.0. The van der Waals surface area contributed by atoms with Crippen LogP contribution in [0, 0.1) is 0 Å². The van der Waals surface area contributed by atoms with Crippen LogP contribution in [0.2, 0.25) is 45.3 Å². The molecule has 48 heavy (non-hydrogen) atoms. The largest absolute Gasteiger partial charge is 0.198 e. The Morgan fingerprint density at radius 2 is 0.333 bits per heavy atom. The quantitative estimate of drug-likeness (QED) is 0.195. The van der Waals surface area contributed by atoms with E-state index < -0.39 is 42.9 Å². The number of hydrogen-bond donors (Lipinski definition) is 0. The summed E-state index contributed by atoms with van der Waals surface area (Å²) in [5.74, 6) is 0. The van der Waals surface area contributed by atoms with Crippen molar-refractivity contribution in [3.05, 3.63) is 0 Å². The molecule has 1 heterocycles. The molecule has 1 rings (SSSR count). The third kappa shape index (κ3) is 5.46. The maximum absolute atomic E-state index is 5.62. The van der Waals surface area contributed by atoms with Gasteiger partial charge in [0.25, 0.3) is 0 Å². The van der Waals surface area contributed by atoms with Crippen molar-refractivity contribution >= 4 is 119 Å². The molecular formula is C36H81Br5Si7. The average molecular weight is 1110 g/mol. The molecule has 0 spiro atoms. The Morgan fingerprint density at radius 1 is 0.229 bits per heavy atom. The Bertz CT molecular complexity index is 1040. The summed E-state index contributed by atoms with van der Waals surface area (Å²) in [7, 11) is -7.27. The predicted octanol–water partition coefficient (Wildman–Crippen LogP) is 17.3. The molecule has 0 aromatic heterocycles. The lowest BCUT2D eigenvalue weighted by molar-refractivity contribution is 0.550. The lowest BCUT2D eigenvalue weighted by Gasteiger charge is -2.89. The third-order valence-corrected chi connectivity index (χ3v) is 333. The number of halogens is 5. The standard InChI is InChI=1S/C36H81Br5Si7/c1-28(2,3)42(29(4,5)6,30(7,8)9)46(39)45(37,38)47(40,43(31(10,11)12,32(13,14)15)33(16,17)18)48(46,41)44(34(19,20)21,35(22,23)24)36(25,26)27/h1-27H3. The van der Waals surface area contributed by atoms with Crippen molar-refractivity contribution in [3.8, 4) is 0 Å². The fraction of sp³-hybridized carbons (Fsp3) is 1.00. The fourth-order valence-corrected chi connectivity index (χ4v) is 660. The van der Waals surface area contributed by atoms with Gasteiger partial charge in [0.2, 0.25) is 0 Å². The summed E-state index contributed by atoms with van der Waals surface area (Å²) in [6.07, 6.45) is 0. The minimum atomic E-state index is -2.60. The maximum Gasteiger partial charge on any atom is 0.198 e. The molecule has 2 unspecified atom stereocenters. The van der Waals surface area contributed by atoms with Gasteiger partial charge in [-0.15, -0.1) is 76.5 Å². The molecule has 288 valence electrons. The van der Waals surface area contributed by atoms with E-state index in [9.17, 15) is 0 Å². The molecule has 0 aromatic rings. The molecule has 0 radical (unpaired) electrons. The van der Waals surface area contributed by atoms with Gasteiger partial charge in [0.15, 0.2) is 4.35 Å². The summed E-state index contributed by atoms with van der Waals surface area (Å²) in [5.41, 5.74) is 0. The second kappa shape index (κ2) is 12.7. The van der Waals surface area contributed by atoms with E-state index in [4.69, 9.17) is 76.5 Å². The predicted molar refractivity (Wildman–Crippen MR) is 262 cm³/mol. The van der Waals surface area contributed by atoms with Crippen molar-refractivity contribution in [1.29, 1.82) is 0 Å². The third-order valence-electron chi connectivity index (χ3n) is 13.5. The van der Waals surface area contributed by atoms with Gasteiger partial charge in [-0.05, 0) is 45.3 Å². The van der Waals surface area contributed by atoms with E-state index in [0.29, 0.717) is 0 Å². The van der Waals surface area contributed by atoms with Crippen LogP contribution < -0.4 is 0 Å².